The number of hydrogen-bond acceptors (Lipinski definition) is 2. The summed E-state index contributed by atoms with van der Waals surface area (Å²) in [6.45, 7) is 1.64. The molecule has 0 unspecified atom stereocenters. The molecular formula is C9H11NO2. The Labute approximate surface area is 70.8 Å². The Morgan fingerprint density at radius 1 is 1.58 bits per heavy atom. The lowest BCUT2D eigenvalue weighted by Gasteiger charge is -2.04. The standard InChI is InChI=1S/C9H11NO2/c1-6(11)7-3-2-4-8(5-7)9(10)12/h2-6,11H,1H3,(H2,10,12)/t6-/m1/s1. The van der Waals surface area contributed by atoms with E-state index in [1.165, 1.54) is 0 Å². The molecule has 0 spiro atoms. The number of benzene rings is 1. The molecule has 0 saturated heterocycles. The van der Waals surface area contributed by atoms with Crippen LogP contribution in [0.1, 0.15) is 28.9 Å². The Balaban J connectivity index is 3.04. The summed E-state index contributed by atoms with van der Waals surface area (Å²) in [5.74, 6) is -0.475. The number of nitrogens with two attached hydrogens (primary N) is 1. The van der Waals surface area contributed by atoms with E-state index < -0.39 is 12.0 Å². The predicted molar refractivity (Wildman–Crippen MR) is 45.6 cm³/mol. The summed E-state index contributed by atoms with van der Waals surface area (Å²) < 4.78 is 0. The summed E-state index contributed by atoms with van der Waals surface area (Å²) in [5, 5.41) is 9.18. The first-order valence-electron chi connectivity index (χ1n) is 3.69. The molecule has 0 aliphatic carbocycles. The van der Waals surface area contributed by atoms with Crippen LogP contribution in [-0.4, -0.2) is 11.0 Å². The molecule has 1 aromatic rings. The zero-order valence-corrected chi connectivity index (χ0v) is 6.82. The predicted octanol–water partition coefficient (Wildman–Crippen LogP) is 0.839. The maximum atomic E-state index is 10.7. The lowest BCUT2D eigenvalue weighted by Crippen LogP contribution is -2.11. The van der Waals surface area contributed by atoms with Gasteiger partial charge in [-0.25, -0.2) is 0 Å². The molecule has 0 fully saturated rings. The van der Waals surface area contributed by atoms with Crippen LogP contribution in [0.25, 0.3) is 0 Å². The van der Waals surface area contributed by atoms with Crippen molar-refractivity contribution in [3.05, 3.63) is 35.4 Å². The van der Waals surface area contributed by atoms with E-state index in [0.29, 0.717) is 11.1 Å². The molecule has 0 radical (unpaired) electrons. The van der Waals surface area contributed by atoms with Crippen molar-refractivity contribution in [1.82, 2.24) is 0 Å². The first-order valence-corrected chi connectivity index (χ1v) is 3.69. The molecule has 0 aliphatic rings. The number of aliphatic hydroxyl groups excluding tert-OH is 1. The molecule has 12 heavy (non-hydrogen) atoms. The van der Waals surface area contributed by atoms with Crippen molar-refractivity contribution in [1.29, 1.82) is 0 Å². The Morgan fingerprint density at radius 3 is 2.75 bits per heavy atom. The number of aliphatic hydroxyl groups is 1. The minimum absolute atomic E-state index is 0.424. The fraction of sp³-hybridized carbons (Fsp3) is 0.222. The van der Waals surface area contributed by atoms with Crippen LogP contribution in [0.15, 0.2) is 24.3 Å². The third-order valence-corrected chi connectivity index (χ3v) is 1.65. The van der Waals surface area contributed by atoms with Crippen LogP contribution in [0.3, 0.4) is 0 Å². The van der Waals surface area contributed by atoms with Gasteiger partial charge in [-0.3, -0.25) is 4.79 Å². The van der Waals surface area contributed by atoms with E-state index >= 15 is 0 Å². The molecule has 0 aliphatic heterocycles. The van der Waals surface area contributed by atoms with E-state index in [-0.39, 0.29) is 0 Å². The molecule has 0 bridgehead atoms. The van der Waals surface area contributed by atoms with E-state index in [2.05, 4.69) is 0 Å². The SMILES string of the molecule is C[C@@H](O)c1cccc(C(N)=O)c1. The molecule has 3 heteroatoms. The largest absolute Gasteiger partial charge is 0.389 e. The van der Waals surface area contributed by atoms with E-state index in [4.69, 9.17) is 5.73 Å². The lowest BCUT2D eigenvalue weighted by atomic mass is 10.1. The third-order valence-electron chi connectivity index (χ3n) is 1.65. The normalized spacial score (nSPS) is 12.5. The van der Waals surface area contributed by atoms with Crippen molar-refractivity contribution in [2.24, 2.45) is 5.73 Å². The summed E-state index contributed by atoms with van der Waals surface area (Å²) in [5.41, 5.74) is 6.19. The Kier molecular flexibility index (Phi) is 2.45. The first kappa shape index (κ1) is 8.74. The minimum atomic E-state index is -0.565. The van der Waals surface area contributed by atoms with E-state index in [0.717, 1.165) is 0 Å². The molecule has 0 aromatic heterocycles. The number of hydrogen-bond donors (Lipinski definition) is 2. The average Bonchev–Trinajstić information content (AvgIpc) is 2.04. The second kappa shape index (κ2) is 3.36. The number of amides is 1. The first-order chi connectivity index (χ1) is 5.61. The topological polar surface area (TPSA) is 63.3 Å². The Morgan fingerprint density at radius 2 is 2.25 bits per heavy atom. The highest BCUT2D eigenvalue weighted by Gasteiger charge is 2.03. The van der Waals surface area contributed by atoms with Crippen molar-refractivity contribution < 1.29 is 9.90 Å². The van der Waals surface area contributed by atoms with Gasteiger partial charge in [0.1, 0.15) is 0 Å². The lowest BCUT2D eigenvalue weighted by molar-refractivity contribution is 0.1000. The zero-order chi connectivity index (χ0) is 9.14. The van der Waals surface area contributed by atoms with Crippen LogP contribution < -0.4 is 5.73 Å². The molecular weight excluding hydrogens is 154 g/mol. The molecule has 3 N–H and O–H groups in total. The van der Waals surface area contributed by atoms with Crippen LogP contribution in [0, 0.1) is 0 Å². The minimum Gasteiger partial charge on any atom is -0.389 e. The fourth-order valence-electron chi connectivity index (χ4n) is 0.952. The maximum Gasteiger partial charge on any atom is 0.248 e. The summed E-state index contributed by atoms with van der Waals surface area (Å²) in [6, 6.07) is 6.65. The summed E-state index contributed by atoms with van der Waals surface area (Å²) in [6.07, 6.45) is -0.565. The molecule has 1 aromatic carbocycles. The quantitative estimate of drug-likeness (QED) is 0.682. The van der Waals surface area contributed by atoms with Crippen LogP contribution in [0.4, 0.5) is 0 Å². The van der Waals surface area contributed by atoms with E-state index in [9.17, 15) is 9.90 Å². The van der Waals surface area contributed by atoms with Gasteiger partial charge >= 0.3 is 0 Å². The highest BCUT2D eigenvalue weighted by molar-refractivity contribution is 5.92. The van der Waals surface area contributed by atoms with E-state index in [1.54, 1.807) is 31.2 Å². The van der Waals surface area contributed by atoms with Gasteiger partial charge in [-0.05, 0) is 24.6 Å². The Bertz CT molecular complexity index is 294. The van der Waals surface area contributed by atoms with Crippen molar-refractivity contribution in [2.75, 3.05) is 0 Å². The number of rotatable bonds is 2. The molecule has 3 nitrogen and oxygen atoms in total. The fourth-order valence-corrected chi connectivity index (χ4v) is 0.952. The molecule has 1 rings (SSSR count). The highest BCUT2D eigenvalue weighted by Crippen LogP contribution is 2.12. The second-order valence-corrected chi connectivity index (χ2v) is 2.67. The summed E-state index contributed by atoms with van der Waals surface area (Å²) >= 11 is 0. The summed E-state index contributed by atoms with van der Waals surface area (Å²) in [7, 11) is 0. The van der Waals surface area contributed by atoms with Gasteiger partial charge in [-0.15, -0.1) is 0 Å². The van der Waals surface area contributed by atoms with Crippen molar-refractivity contribution >= 4 is 5.91 Å². The van der Waals surface area contributed by atoms with Crippen LogP contribution in [0.2, 0.25) is 0 Å². The average molecular weight is 165 g/mol. The van der Waals surface area contributed by atoms with Crippen molar-refractivity contribution in [3.63, 3.8) is 0 Å². The van der Waals surface area contributed by atoms with Gasteiger partial charge in [0.25, 0.3) is 0 Å². The van der Waals surface area contributed by atoms with Crippen molar-refractivity contribution in [2.45, 2.75) is 13.0 Å². The monoisotopic (exact) mass is 165 g/mol. The molecule has 0 saturated carbocycles. The maximum absolute atomic E-state index is 10.7. The van der Waals surface area contributed by atoms with Crippen LogP contribution in [-0.2, 0) is 0 Å². The van der Waals surface area contributed by atoms with Gasteiger partial charge in [0.05, 0.1) is 6.10 Å². The van der Waals surface area contributed by atoms with Crippen LogP contribution >= 0.6 is 0 Å². The van der Waals surface area contributed by atoms with Gasteiger partial charge in [-0.2, -0.15) is 0 Å². The molecule has 1 atom stereocenters. The van der Waals surface area contributed by atoms with Crippen molar-refractivity contribution in [3.8, 4) is 0 Å². The highest BCUT2D eigenvalue weighted by atomic mass is 16.3. The van der Waals surface area contributed by atoms with Gasteiger partial charge < -0.3 is 10.8 Å². The van der Waals surface area contributed by atoms with Gasteiger partial charge in [-0.1, -0.05) is 12.1 Å². The number of carbonyl (C=O) groups excluding carboxylic acids is 1. The second-order valence-electron chi connectivity index (χ2n) is 2.67. The van der Waals surface area contributed by atoms with Gasteiger partial charge in [0.2, 0.25) is 5.91 Å². The van der Waals surface area contributed by atoms with Gasteiger partial charge in [0, 0.05) is 5.56 Å². The third kappa shape index (κ3) is 1.83. The molecule has 0 heterocycles. The van der Waals surface area contributed by atoms with E-state index in [1.807, 2.05) is 0 Å². The Hall–Kier alpha value is -1.35. The number of carbonyl (C=O) groups is 1. The molecule has 64 valence electrons. The summed E-state index contributed by atoms with van der Waals surface area (Å²) in [4.78, 5) is 10.7. The van der Waals surface area contributed by atoms with Gasteiger partial charge in [0.15, 0.2) is 0 Å². The zero-order valence-electron chi connectivity index (χ0n) is 6.82. The molecule has 1 amide bonds. The number of primary amides is 1. The van der Waals surface area contributed by atoms with Crippen LogP contribution in [0.5, 0.6) is 0 Å². The smallest absolute Gasteiger partial charge is 0.248 e.